The van der Waals surface area contributed by atoms with Crippen LogP contribution in [0.3, 0.4) is 0 Å². The van der Waals surface area contributed by atoms with Gasteiger partial charge in [0.15, 0.2) is 6.10 Å². The molecule has 4 rings (SSSR count). The van der Waals surface area contributed by atoms with E-state index in [2.05, 4.69) is 55.5 Å². The van der Waals surface area contributed by atoms with Gasteiger partial charge in [0.2, 0.25) is 5.90 Å². The Kier molecular flexibility index (Phi) is 3.87. The fraction of sp³-hybridized carbons (Fsp3) is 0.136. The lowest BCUT2D eigenvalue weighted by molar-refractivity contribution is 0.197. The van der Waals surface area contributed by atoms with Gasteiger partial charge in [-0.1, -0.05) is 78.9 Å². The lowest BCUT2D eigenvalue weighted by Gasteiger charge is -2.18. The van der Waals surface area contributed by atoms with Crippen molar-refractivity contribution >= 4 is 5.90 Å². The summed E-state index contributed by atoms with van der Waals surface area (Å²) in [6, 6.07) is 28.9. The second-order valence-electron chi connectivity index (χ2n) is 6.05. The molecule has 2 atom stereocenters. The standard InChI is InChI=1S/C22H19NO/c1-16-10-8-9-15-19(16)22-23-20(17-11-4-2-5-12-17)21(24-22)18-13-6-3-7-14-18/h2-15,20-21H,1H3/t20-,21-/m1/s1. The van der Waals surface area contributed by atoms with E-state index >= 15 is 0 Å². The summed E-state index contributed by atoms with van der Waals surface area (Å²) in [5, 5.41) is 0. The Labute approximate surface area is 142 Å². The summed E-state index contributed by atoms with van der Waals surface area (Å²) in [5.74, 6) is 0.732. The first-order valence-corrected chi connectivity index (χ1v) is 8.23. The maximum Gasteiger partial charge on any atom is 0.217 e. The average molecular weight is 313 g/mol. The maximum atomic E-state index is 6.33. The van der Waals surface area contributed by atoms with Crippen LogP contribution in [-0.4, -0.2) is 5.90 Å². The van der Waals surface area contributed by atoms with Crippen LogP contribution in [-0.2, 0) is 4.74 Å². The fourth-order valence-electron chi connectivity index (χ4n) is 3.15. The minimum absolute atomic E-state index is 0.0248. The van der Waals surface area contributed by atoms with Crippen molar-refractivity contribution in [3.05, 3.63) is 107 Å². The highest BCUT2D eigenvalue weighted by molar-refractivity contribution is 5.96. The molecular weight excluding hydrogens is 294 g/mol. The first-order valence-electron chi connectivity index (χ1n) is 8.23. The second kappa shape index (κ2) is 6.32. The summed E-state index contributed by atoms with van der Waals surface area (Å²) >= 11 is 0. The van der Waals surface area contributed by atoms with Gasteiger partial charge in [0.05, 0.1) is 0 Å². The van der Waals surface area contributed by atoms with E-state index in [1.807, 2.05) is 36.4 Å². The number of hydrogen-bond acceptors (Lipinski definition) is 2. The smallest absolute Gasteiger partial charge is 0.217 e. The van der Waals surface area contributed by atoms with Gasteiger partial charge in [0, 0.05) is 5.56 Å². The Hall–Kier alpha value is -2.87. The summed E-state index contributed by atoms with van der Waals surface area (Å²) in [6.07, 6.45) is -0.0943. The van der Waals surface area contributed by atoms with Crippen LogP contribution in [0.25, 0.3) is 0 Å². The van der Waals surface area contributed by atoms with Crippen molar-refractivity contribution in [3.8, 4) is 0 Å². The van der Waals surface area contributed by atoms with Gasteiger partial charge in [-0.05, 0) is 29.7 Å². The molecule has 0 unspecified atom stereocenters. The molecule has 1 heterocycles. The SMILES string of the molecule is Cc1ccccc1C1=N[C@H](c2ccccc2)[C@@H](c2ccccc2)O1. The molecule has 0 radical (unpaired) electrons. The first kappa shape index (κ1) is 14.7. The van der Waals surface area contributed by atoms with Gasteiger partial charge < -0.3 is 4.74 Å². The van der Waals surface area contributed by atoms with Crippen LogP contribution in [0.4, 0.5) is 0 Å². The van der Waals surface area contributed by atoms with Gasteiger partial charge in [0.1, 0.15) is 6.04 Å². The van der Waals surface area contributed by atoms with Gasteiger partial charge >= 0.3 is 0 Å². The fourth-order valence-corrected chi connectivity index (χ4v) is 3.15. The monoisotopic (exact) mass is 313 g/mol. The Bertz CT molecular complexity index is 855. The molecular formula is C22H19NO. The van der Waals surface area contributed by atoms with Crippen molar-refractivity contribution in [1.29, 1.82) is 0 Å². The van der Waals surface area contributed by atoms with Gasteiger partial charge in [-0.3, -0.25) is 0 Å². The van der Waals surface area contributed by atoms with Crippen molar-refractivity contribution in [2.24, 2.45) is 4.99 Å². The molecule has 2 nitrogen and oxygen atoms in total. The number of nitrogens with zero attached hydrogens (tertiary/aromatic N) is 1. The number of hydrogen-bond donors (Lipinski definition) is 0. The van der Waals surface area contributed by atoms with Gasteiger partial charge in [-0.25, -0.2) is 4.99 Å². The number of benzene rings is 3. The predicted molar refractivity (Wildman–Crippen MR) is 97.2 cm³/mol. The molecule has 0 saturated heterocycles. The van der Waals surface area contributed by atoms with Crippen LogP contribution in [0.5, 0.6) is 0 Å². The highest BCUT2D eigenvalue weighted by atomic mass is 16.5. The third kappa shape index (κ3) is 2.71. The van der Waals surface area contributed by atoms with Crippen LogP contribution in [0, 0.1) is 6.92 Å². The van der Waals surface area contributed by atoms with Crippen LogP contribution in [0.1, 0.15) is 34.4 Å². The molecule has 0 N–H and O–H groups in total. The second-order valence-corrected chi connectivity index (χ2v) is 6.05. The number of rotatable bonds is 3. The van der Waals surface area contributed by atoms with E-state index in [1.54, 1.807) is 0 Å². The molecule has 1 aliphatic rings. The summed E-state index contributed by atoms with van der Waals surface area (Å²) in [6.45, 7) is 2.09. The molecule has 0 fully saturated rings. The molecule has 0 saturated carbocycles. The normalized spacial score (nSPS) is 19.6. The quantitative estimate of drug-likeness (QED) is 0.647. The van der Waals surface area contributed by atoms with Crippen molar-refractivity contribution in [1.82, 2.24) is 0 Å². The van der Waals surface area contributed by atoms with Crippen molar-refractivity contribution < 1.29 is 4.74 Å². The molecule has 0 amide bonds. The molecule has 1 aliphatic heterocycles. The Morgan fingerprint density at radius 2 is 1.29 bits per heavy atom. The van der Waals surface area contributed by atoms with Crippen LogP contribution < -0.4 is 0 Å². The molecule has 3 aromatic rings. The van der Waals surface area contributed by atoms with E-state index < -0.39 is 0 Å². The zero-order valence-electron chi connectivity index (χ0n) is 13.6. The van der Waals surface area contributed by atoms with E-state index in [1.165, 1.54) is 11.1 Å². The van der Waals surface area contributed by atoms with Crippen LogP contribution >= 0.6 is 0 Å². The number of aliphatic imine (C=N–C) groups is 1. The minimum Gasteiger partial charge on any atom is -0.467 e. The van der Waals surface area contributed by atoms with Gasteiger partial charge in [0.25, 0.3) is 0 Å². The zero-order valence-corrected chi connectivity index (χ0v) is 13.6. The maximum absolute atomic E-state index is 6.33. The third-order valence-electron chi connectivity index (χ3n) is 4.43. The predicted octanol–water partition coefficient (Wildman–Crippen LogP) is 5.25. The lowest BCUT2D eigenvalue weighted by atomic mass is 9.97. The van der Waals surface area contributed by atoms with E-state index in [9.17, 15) is 0 Å². The van der Waals surface area contributed by atoms with Crippen LogP contribution in [0.15, 0.2) is 89.9 Å². The van der Waals surface area contributed by atoms with Crippen LogP contribution in [0.2, 0.25) is 0 Å². The summed E-state index contributed by atoms with van der Waals surface area (Å²) in [7, 11) is 0. The molecule has 24 heavy (non-hydrogen) atoms. The summed E-state index contributed by atoms with van der Waals surface area (Å²) in [5.41, 5.74) is 4.57. The average Bonchev–Trinajstić information content (AvgIpc) is 3.09. The Morgan fingerprint density at radius 3 is 1.96 bits per heavy atom. The zero-order chi connectivity index (χ0) is 16.4. The molecule has 3 aromatic carbocycles. The number of aryl methyl sites for hydroxylation is 1. The molecule has 0 aliphatic carbocycles. The first-order chi connectivity index (χ1) is 11.8. The van der Waals surface area contributed by atoms with Gasteiger partial charge in [-0.15, -0.1) is 0 Å². The van der Waals surface area contributed by atoms with Crippen molar-refractivity contribution in [2.45, 2.75) is 19.1 Å². The van der Waals surface area contributed by atoms with Crippen molar-refractivity contribution in [3.63, 3.8) is 0 Å². The van der Waals surface area contributed by atoms with E-state index in [0.29, 0.717) is 0 Å². The van der Waals surface area contributed by atoms with Crippen molar-refractivity contribution in [2.75, 3.05) is 0 Å². The van der Waals surface area contributed by atoms with E-state index in [0.717, 1.165) is 17.0 Å². The molecule has 2 heteroatoms. The molecule has 0 aromatic heterocycles. The molecule has 118 valence electrons. The Morgan fingerprint density at radius 1 is 0.708 bits per heavy atom. The Balaban J connectivity index is 1.77. The summed E-state index contributed by atoms with van der Waals surface area (Å²) < 4.78 is 6.33. The largest absolute Gasteiger partial charge is 0.467 e. The lowest BCUT2D eigenvalue weighted by Crippen LogP contribution is -2.09. The van der Waals surface area contributed by atoms with Gasteiger partial charge in [-0.2, -0.15) is 0 Å². The third-order valence-corrected chi connectivity index (χ3v) is 4.43. The van der Waals surface area contributed by atoms with E-state index in [4.69, 9.17) is 9.73 Å². The topological polar surface area (TPSA) is 21.6 Å². The van der Waals surface area contributed by atoms with E-state index in [-0.39, 0.29) is 12.1 Å². The minimum atomic E-state index is -0.0943. The molecule has 0 bridgehead atoms. The number of ether oxygens (including phenoxy) is 1. The molecule has 0 spiro atoms. The highest BCUT2D eigenvalue weighted by Crippen LogP contribution is 2.41. The summed E-state index contributed by atoms with van der Waals surface area (Å²) in [4.78, 5) is 4.94. The highest BCUT2D eigenvalue weighted by Gasteiger charge is 2.34.